The van der Waals surface area contributed by atoms with E-state index in [1.165, 1.54) is 0 Å². The molecule has 0 aliphatic carbocycles. The van der Waals surface area contributed by atoms with Crippen molar-refractivity contribution in [3.05, 3.63) is 47.7 Å². The number of amides is 1. The summed E-state index contributed by atoms with van der Waals surface area (Å²) >= 11 is 0. The molecule has 1 N–H and O–H groups in total. The molecule has 0 fully saturated rings. The van der Waals surface area contributed by atoms with Crippen molar-refractivity contribution in [2.75, 3.05) is 21.2 Å². The Labute approximate surface area is 157 Å². The Morgan fingerprint density at radius 1 is 1.22 bits per heavy atom. The lowest BCUT2D eigenvalue weighted by molar-refractivity contribution is 0.0902. The number of aromatic nitrogens is 3. The second kappa shape index (κ2) is 7.32. The first-order chi connectivity index (χ1) is 12.8. The molecular weight excluding hydrogens is 346 g/mol. The molecule has 142 valence electrons. The number of nitrogens with one attached hydrogen (secondary N) is 1. The summed E-state index contributed by atoms with van der Waals surface area (Å²) in [6.07, 6.45) is 0. The quantitative estimate of drug-likeness (QED) is 0.713. The van der Waals surface area contributed by atoms with E-state index in [2.05, 4.69) is 20.4 Å². The number of benzene rings is 1. The normalized spacial score (nSPS) is 11.8. The van der Waals surface area contributed by atoms with Crippen LogP contribution < -0.4 is 10.1 Å². The molecule has 0 spiro atoms. The van der Waals surface area contributed by atoms with E-state index < -0.39 is 5.54 Å². The fourth-order valence-corrected chi connectivity index (χ4v) is 2.60. The van der Waals surface area contributed by atoms with Crippen molar-refractivity contribution in [3.63, 3.8) is 0 Å². The van der Waals surface area contributed by atoms with Gasteiger partial charge in [-0.05, 0) is 52.2 Å². The summed E-state index contributed by atoms with van der Waals surface area (Å²) < 4.78 is 10.5. The highest BCUT2D eigenvalue weighted by molar-refractivity contribution is 5.95. The first-order valence-corrected chi connectivity index (χ1v) is 8.53. The van der Waals surface area contributed by atoms with E-state index in [9.17, 15) is 4.79 Å². The van der Waals surface area contributed by atoms with Crippen LogP contribution in [0.1, 0.15) is 36.1 Å². The SMILES string of the molecule is COc1ccc2nc(C(=O)NC(C)(C)c3noc(CN(C)C)n3)ccc2c1. The van der Waals surface area contributed by atoms with Gasteiger partial charge in [0, 0.05) is 5.39 Å². The van der Waals surface area contributed by atoms with Gasteiger partial charge in [0.15, 0.2) is 5.82 Å². The van der Waals surface area contributed by atoms with Crippen LogP contribution >= 0.6 is 0 Å². The highest BCUT2D eigenvalue weighted by Crippen LogP contribution is 2.21. The van der Waals surface area contributed by atoms with E-state index in [0.29, 0.717) is 29.5 Å². The molecule has 2 aromatic heterocycles. The van der Waals surface area contributed by atoms with E-state index in [0.717, 1.165) is 11.1 Å². The summed E-state index contributed by atoms with van der Waals surface area (Å²) in [6, 6.07) is 9.03. The Morgan fingerprint density at radius 3 is 2.70 bits per heavy atom. The summed E-state index contributed by atoms with van der Waals surface area (Å²) in [4.78, 5) is 23.4. The topological polar surface area (TPSA) is 93.4 Å². The fraction of sp³-hybridized carbons (Fsp3) is 0.368. The van der Waals surface area contributed by atoms with Gasteiger partial charge in [-0.2, -0.15) is 4.98 Å². The van der Waals surface area contributed by atoms with Crippen molar-refractivity contribution in [1.82, 2.24) is 25.3 Å². The minimum absolute atomic E-state index is 0.309. The predicted molar refractivity (Wildman–Crippen MR) is 100 cm³/mol. The molecule has 0 bridgehead atoms. The van der Waals surface area contributed by atoms with E-state index in [1.807, 2.05) is 57.1 Å². The van der Waals surface area contributed by atoms with Crippen molar-refractivity contribution in [3.8, 4) is 5.75 Å². The van der Waals surface area contributed by atoms with Crippen LogP contribution in [0.5, 0.6) is 5.75 Å². The van der Waals surface area contributed by atoms with Crippen LogP contribution in [-0.2, 0) is 12.1 Å². The average molecular weight is 369 g/mol. The van der Waals surface area contributed by atoms with Gasteiger partial charge in [-0.15, -0.1) is 0 Å². The highest BCUT2D eigenvalue weighted by Gasteiger charge is 2.29. The summed E-state index contributed by atoms with van der Waals surface area (Å²) in [6.45, 7) is 4.18. The van der Waals surface area contributed by atoms with Gasteiger partial charge in [-0.25, -0.2) is 4.98 Å². The minimum Gasteiger partial charge on any atom is -0.497 e. The minimum atomic E-state index is -0.804. The Morgan fingerprint density at radius 2 is 2.00 bits per heavy atom. The number of hydrogen-bond donors (Lipinski definition) is 1. The maximum Gasteiger partial charge on any atom is 0.270 e. The second-order valence-electron chi connectivity index (χ2n) is 7.08. The lowest BCUT2D eigenvalue weighted by atomic mass is 10.0. The molecule has 3 rings (SSSR count). The monoisotopic (exact) mass is 369 g/mol. The number of nitrogens with zero attached hydrogens (tertiary/aromatic N) is 4. The standard InChI is InChI=1S/C19H23N5O3/c1-19(2,18-21-16(27-23-18)11-24(3)4)22-17(25)15-8-6-12-10-13(26-5)7-9-14(12)20-15/h6-10H,11H2,1-5H3,(H,22,25). The molecule has 1 amide bonds. The van der Waals surface area contributed by atoms with Gasteiger partial charge in [0.25, 0.3) is 5.91 Å². The number of rotatable bonds is 6. The van der Waals surface area contributed by atoms with Crippen molar-refractivity contribution < 1.29 is 14.1 Å². The first kappa shape index (κ1) is 18.8. The van der Waals surface area contributed by atoms with Crippen LogP contribution in [0.2, 0.25) is 0 Å². The third kappa shape index (κ3) is 4.22. The summed E-state index contributed by atoms with van der Waals surface area (Å²) in [5.74, 6) is 1.35. The highest BCUT2D eigenvalue weighted by atomic mass is 16.5. The lowest BCUT2D eigenvalue weighted by Crippen LogP contribution is -2.42. The number of carbonyl (C=O) groups is 1. The number of carbonyl (C=O) groups excluding carboxylic acids is 1. The molecule has 8 nitrogen and oxygen atoms in total. The number of hydrogen-bond acceptors (Lipinski definition) is 7. The second-order valence-corrected chi connectivity index (χ2v) is 7.08. The van der Waals surface area contributed by atoms with Gasteiger partial charge in [0.2, 0.25) is 5.89 Å². The van der Waals surface area contributed by atoms with Crippen molar-refractivity contribution in [2.24, 2.45) is 0 Å². The number of fused-ring (bicyclic) bond motifs is 1. The van der Waals surface area contributed by atoms with Crippen LogP contribution in [-0.4, -0.2) is 47.1 Å². The number of ether oxygens (including phenoxy) is 1. The molecule has 0 aliphatic heterocycles. The lowest BCUT2D eigenvalue weighted by Gasteiger charge is -2.22. The summed E-state index contributed by atoms with van der Waals surface area (Å²) in [5, 5.41) is 7.81. The zero-order chi connectivity index (χ0) is 19.6. The number of pyridine rings is 1. The fourth-order valence-electron chi connectivity index (χ4n) is 2.60. The third-order valence-corrected chi connectivity index (χ3v) is 4.03. The summed E-state index contributed by atoms with van der Waals surface area (Å²) in [5.41, 5.74) is 0.230. The molecular formula is C19H23N5O3. The van der Waals surface area contributed by atoms with Crippen LogP contribution in [0.4, 0.5) is 0 Å². The Balaban J connectivity index is 1.79. The number of methoxy groups -OCH3 is 1. The van der Waals surface area contributed by atoms with Crippen molar-refractivity contribution >= 4 is 16.8 Å². The van der Waals surface area contributed by atoms with E-state index in [4.69, 9.17) is 9.26 Å². The smallest absolute Gasteiger partial charge is 0.270 e. The maximum atomic E-state index is 12.7. The van der Waals surface area contributed by atoms with E-state index in [1.54, 1.807) is 13.2 Å². The maximum absolute atomic E-state index is 12.7. The van der Waals surface area contributed by atoms with Gasteiger partial charge in [-0.3, -0.25) is 4.79 Å². The van der Waals surface area contributed by atoms with Crippen molar-refractivity contribution in [2.45, 2.75) is 25.9 Å². The molecule has 2 heterocycles. The van der Waals surface area contributed by atoms with E-state index in [-0.39, 0.29) is 5.91 Å². The molecule has 0 saturated heterocycles. The largest absolute Gasteiger partial charge is 0.497 e. The summed E-state index contributed by atoms with van der Waals surface area (Å²) in [7, 11) is 5.44. The zero-order valence-corrected chi connectivity index (χ0v) is 16.1. The molecule has 0 radical (unpaired) electrons. The molecule has 1 aromatic carbocycles. The Hall–Kier alpha value is -3.00. The molecule has 0 saturated carbocycles. The molecule has 0 aliphatic rings. The van der Waals surface area contributed by atoms with Crippen LogP contribution in [0, 0.1) is 0 Å². The van der Waals surface area contributed by atoms with E-state index >= 15 is 0 Å². The molecule has 8 heteroatoms. The third-order valence-electron chi connectivity index (χ3n) is 4.03. The van der Waals surface area contributed by atoms with Gasteiger partial charge in [0.1, 0.15) is 11.4 Å². The first-order valence-electron chi connectivity index (χ1n) is 8.53. The van der Waals surface area contributed by atoms with Crippen LogP contribution in [0.3, 0.4) is 0 Å². The van der Waals surface area contributed by atoms with Gasteiger partial charge < -0.3 is 19.5 Å². The average Bonchev–Trinajstić information content (AvgIpc) is 3.09. The zero-order valence-electron chi connectivity index (χ0n) is 16.1. The van der Waals surface area contributed by atoms with Crippen LogP contribution in [0.15, 0.2) is 34.9 Å². The molecule has 0 unspecified atom stereocenters. The predicted octanol–water partition coefficient (Wildman–Crippen LogP) is 2.35. The van der Waals surface area contributed by atoms with Gasteiger partial charge in [0.05, 0.1) is 24.7 Å². The van der Waals surface area contributed by atoms with Crippen molar-refractivity contribution in [1.29, 1.82) is 0 Å². The van der Waals surface area contributed by atoms with Gasteiger partial charge >= 0.3 is 0 Å². The molecule has 27 heavy (non-hydrogen) atoms. The van der Waals surface area contributed by atoms with Crippen LogP contribution in [0.25, 0.3) is 10.9 Å². The molecule has 0 atom stereocenters. The molecule has 3 aromatic rings. The van der Waals surface area contributed by atoms with Gasteiger partial charge in [-0.1, -0.05) is 11.2 Å². The Kier molecular flexibility index (Phi) is 5.09. The Bertz CT molecular complexity index is 965.